The molecular weight excluding hydrogens is 210 g/mol. The second-order valence-electron chi connectivity index (χ2n) is 4.30. The topological polar surface area (TPSA) is 78.5 Å². The first-order valence-electron chi connectivity index (χ1n) is 5.43. The smallest absolute Gasteiger partial charge is 0.246 e. The highest BCUT2D eigenvalue weighted by Gasteiger charge is 2.35. The van der Waals surface area contributed by atoms with Gasteiger partial charge in [0.2, 0.25) is 17.7 Å². The van der Waals surface area contributed by atoms with Crippen molar-refractivity contribution in [2.24, 2.45) is 5.92 Å². The van der Waals surface area contributed by atoms with E-state index in [1.165, 1.54) is 4.90 Å². The molecule has 2 atom stereocenters. The molecule has 3 amide bonds. The van der Waals surface area contributed by atoms with Gasteiger partial charge in [-0.1, -0.05) is 0 Å². The van der Waals surface area contributed by atoms with Gasteiger partial charge in [0.05, 0.1) is 5.92 Å². The molecule has 2 aliphatic heterocycles. The summed E-state index contributed by atoms with van der Waals surface area (Å²) in [5.41, 5.74) is 0. The van der Waals surface area contributed by atoms with E-state index in [0.29, 0.717) is 0 Å². The minimum atomic E-state index is -0.400. The average Bonchev–Trinajstić information content (AvgIpc) is 2.62. The first kappa shape index (κ1) is 11.1. The molecule has 2 unspecified atom stereocenters. The van der Waals surface area contributed by atoms with Crippen LogP contribution >= 0.6 is 0 Å². The lowest BCUT2D eigenvalue weighted by atomic mass is 10.00. The minimum absolute atomic E-state index is 0.00616. The number of carbonyl (C=O) groups is 3. The SMILES string of the molecule is CC1NCCC1C(=O)N1CC(=O)NC(=O)C1. The second-order valence-corrected chi connectivity index (χ2v) is 4.30. The van der Waals surface area contributed by atoms with Gasteiger partial charge in [-0.15, -0.1) is 0 Å². The molecule has 2 rings (SSSR count). The van der Waals surface area contributed by atoms with Crippen LogP contribution in [0.15, 0.2) is 0 Å². The fourth-order valence-corrected chi connectivity index (χ4v) is 2.22. The summed E-state index contributed by atoms with van der Waals surface area (Å²) in [5, 5.41) is 5.36. The summed E-state index contributed by atoms with van der Waals surface area (Å²) in [7, 11) is 0. The molecule has 2 N–H and O–H groups in total. The van der Waals surface area contributed by atoms with E-state index >= 15 is 0 Å². The quantitative estimate of drug-likeness (QED) is 0.531. The lowest BCUT2D eigenvalue weighted by molar-refractivity contribution is -0.147. The van der Waals surface area contributed by atoms with E-state index in [-0.39, 0.29) is 31.0 Å². The molecule has 0 aromatic carbocycles. The second kappa shape index (κ2) is 4.21. The summed E-state index contributed by atoms with van der Waals surface area (Å²) >= 11 is 0. The van der Waals surface area contributed by atoms with Crippen LogP contribution in [0.1, 0.15) is 13.3 Å². The number of carbonyl (C=O) groups excluding carboxylic acids is 3. The first-order chi connectivity index (χ1) is 7.58. The molecule has 6 nitrogen and oxygen atoms in total. The predicted molar refractivity (Wildman–Crippen MR) is 55.3 cm³/mol. The van der Waals surface area contributed by atoms with Gasteiger partial charge in [-0.3, -0.25) is 19.7 Å². The van der Waals surface area contributed by atoms with Crippen molar-refractivity contribution in [1.82, 2.24) is 15.5 Å². The zero-order valence-electron chi connectivity index (χ0n) is 9.16. The lowest BCUT2D eigenvalue weighted by Crippen LogP contribution is -2.55. The molecule has 0 aromatic heterocycles. The van der Waals surface area contributed by atoms with Crippen molar-refractivity contribution in [1.29, 1.82) is 0 Å². The molecule has 0 spiro atoms. The average molecular weight is 225 g/mol. The number of hydrogen-bond acceptors (Lipinski definition) is 4. The van der Waals surface area contributed by atoms with Crippen LogP contribution in [-0.4, -0.2) is 48.3 Å². The summed E-state index contributed by atoms with van der Waals surface area (Å²) in [6.45, 7) is 2.74. The molecule has 2 fully saturated rings. The molecular formula is C10H15N3O3. The van der Waals surface area contributed by atoms with Crippen LogP contribution in [0, 0.1) is 5.92 Å². The third kappa shape index (κ3) is 2.06. The molecule has 6 heteroatoms. The molecule has 2 saturated heterocycles. The maximum Gasteiger partial charge on any atom is 0.246 e. The van der Waals surface area contributed by atoms with Gasteiger partial charge in [0.1, 0.15) is 13.1 Å². The Balaban J connectivity index is 2.03. The summed E-state index contributed by atoms with van der Waals surface area (Å²) in [5.74, 6) is -1.01. The van der Waals surface area contributed by atoms with Crippen LogP contribution in [0.25, 0.3) is 0 Å². The minimum Gasteiger partial charge on any atom is -0.324 e. The van der Waals surface area contributed by atoms with Crippen molar-refractivity contribution >= 4 is 17.7 Å². The maximum atomic E-state index is 12.1. The summed E-state index contributed by atoms with van der Waals surface area (Å²) < 4.78 is 0. The van der Waals surface area contributed by atoms with E-state index in [4.69, 9.17) is 0 Å². The van der Waals surface area contributed by atoms with E-state index in [2.05, 4.69) is 10.6 Å². The van der Waals surface area contributed by atoms with Gasteiger partial charge in [-0.05, 0) is 19.9 Å². The summed E-state index contributed by atoms with van der Waals surface area (Å²) in [6.07, 6.45) is 0.770. The largest absolute Gasteiger partial charge is 0.324 e. The predicted octanol–water partition coefficient (Wildman–Crippen LogP) is -1.53. The Morgan fingerprint density at radius 1 is 1.31 bits per heavy atom. The highest BCUT2D eigenvalue weighted by atomic mass is 16.2. The van der Waals surface area contributed by atoms with Gasteiger partial charge >= 0.3 is 0 Å². The maximum absolute atomic E-state index is 12.1. The number of rotatable bonds is 1. The van der Waals surface area contributed by atoms with Crippen LogP contribution in [0.4, 0.5) is 0 Å². The Morgan fingerprint density at radius 2 is 1.94 bits per heavy atom. The van der Waals surface area contributed by atoms with Crippen molar-refractivity contribution < 1.29 is 14.4 Å². The van der Waals surface area contributed by atoms with Gasteiger partial charge in [-0.25, -0.2) is 0 Å². The molecule has 0 saturated carbocycles. The van der Waals surface area contributed by atoms with Crippen molar-refractivity contribution in [2.75, 3.05) is 19.6 Å². The molecule has 2 heterocycles. The van der Waals surface area contributed by atoms with Crippen molar-refractivity contribution in [3.8, 4) is 0 Å². The van der Waals surface area contributed by atoms with E-state index < -0.39 is 11.8 Å². The summed E-state index contributed by atoms with van der Waals surface area (Å²) in [4.78, 5) is 35.7. The van der Waals surface area contributed by atoms with Crippen LogP contribution in [0.5, 0.6) is 0 Å². The zero-order chi connectivity index (χ0) is 11.7. The monoisotopic (exact) mass is 225 g/mol. The van der Waals surface area contributed by atoms with Gasteiger partial charge in [0, 0.05) is 6.04 Å². The molecule has 2 aliphatic rings. The zero-order valence-corrected chi connectivity index (χ0v) is 9.16. The lowest BCUT2D eigenvalue weighted by Gasteiger charge is -2.28. The Morgan fingerprint density at radius 3 is 2.44 bits per heavy atom. The Hall–Kier alpha value is -1.43. The summed E-state index contributed by atoms with van der Waals surface area (Å²) in [6, 6.07) is 0.118. The third-order valence-corrected chi connectivity index (χ3v) is 3.10. The Bertz CT molecular complexity index is 326. The van der Waals surface area contributed by atoms with Crippen LogP contribution in [0.3, 0.4) is 0 Å². The van der Waals surface area contributed by atoms with Crippen LogP contribution in [0.2, 0.25) is 0 Å². The van der Waals surface area contributed by atoms with Gasteiger partial charge < -0.3 is 10.2 Å². The highest BCUT2D eigenvalue weighted by molar-refractivity contribution is 6.02. The molecule has 0 aliphatic carbocycles. The highest BCUT2D eigenvalue weighted by Crippen LogP contribution is 2.18. The molecule has 0 aromatic rings. The van der Waals surface area contributed by atoms with Crippen molar-refractivity contribution in [3.05, 3.63) is 0 Å². The van der Waals surface area contributed by atoms with Gasteiger partial charge in [0.25, 0.3) is 0 Å². The normalized spacial score (nSPS) is 30.4. The van der Waals surface area contributed by atoms with E-state index in [1.807, 2.05) is 6.92 Å². The molecule has 0 radical (unpaired) electrons. The fraction of sp³-hybridized carbons (Fsp3) is 0.700. The molecule has 16 heavy (non-hydrogen) atoms. The number of piperazine rings is 1. The number of amides is 3. The fourth-order valence-electron chi connectivity index (χ4n) is 2.22. The van der Waals surface area contributed by atoms with Gasteiger partial charge in [-0.2, -0.15) is 0 Å². The third-order valence-electron chi connectivity index (χ3n) is 3.10. The van der Waals surface area contributed by atoms with E-state index in [0.717, 1.165) is 13.0 Å². The Labute approximate surface area is 93.4 Å². The van der Waals surface area contributed by atoms with Crippen molar-refractivity contribution in [2.45, 2.75) is 19.4 Å². The number of hydrogen-bond donors (Lipinski definition) is 2. The molecule has 0 bridgehead atoms. The first-order valence-corrected chi connectivity index (χ1v) is 5.43. The van der Waals surface area contributed by atoms with Crippen LogP contribution in [-0.2, 0) is 14.4 Å². The van der Waals surface area contributed by atoms with E-state index in [1.54, 1.807) is 0 Å². The van der Waals surface area contributed by atoms with Gasteiger partial charge in [0.15, 0.2) is 0 Å². The Kier molecular flexibility index (Phi) is 2.91. The number of imide groups is 1. The van der Waals surface area contributed by atoms with Crippen molar-refractivity contribution in [3.63, 3.8) is 0 Å². The van der Waals surface area contributed by atoms with Crippen LogP contribution < -0.4 is 10.6 Å². The molecule has 88 valence electrons. The standard InChI is InChI=1S/C10H15N3O3/c1-6-7(2-3-11-6)10(16)13-4-8(14)12-9(15)5-13/h6-7,11H,2-5H2,1H3,(H,12,14,15). The number of nitrogens with zero attached hydrogens (tertiary/aromatic N) is 1. The van der Waals surface area contributed by atoms with E-state index in [9.17, 15) is 14.4 Å². The number of nitrogens with one attached hydrogen (secondary N) is 2.